The van der Waals surface area contributed by atoms with Gasteiger partial charge in [0, 0.05) is 25.2 Å². The van der Waals surface area contributed by atoms with Gasteiger partial charge in [-0.1, -0.05) is 6.07 Å². The molecule has 7 heteroatoms. The van der Waals surface area contributed by atoms with Crippen molar-refractivity contribution in [3.63, 3.8) is 0 Å². The number of carbonyl (C=O) groups is 1. The third kappa shape index (κ3) is 4.92. The lowest BCUT2D eigenvalue weighted by Crippen LogP contribution is -2.29. The molecule has 0 radical (unpaired) electrons. The van der Waals surface area contributed by atoms with E-state index in [1.165, 1.54) is 13.0 Å². The minimum atomic E-state index is -3.60. The Morgan fingerprint density at radius 2 is 2.05 bits per heavy atom. The molecule has 20 heavy (non-hydrogen) atoms. The SMILES string of the molecule is CC(=O)Nc1ccc(C)c(S(=O)(=O)NCCC(C)N)c1. The summed E-state index contributed by atoms with van der Waals surface area (Å²) in [5, 5.41) is 2.57. The minimum Gasteiger partial charge on any atom is -0.328 e. The van der Waals surface area contributed by atoms with E-state index in [2.05, 4.69) is 10.0 Å². The molecule has 0 saturated carbocycles. The first-order valence-electron chi connectivity index (χ1n) is 6.36. The van der Waals surface area contributed by atoms with E-state index in [4.69, 9.17) is 5.73 Å². The van der Waals surface area contributed by atoms with Crippen LogP contribution in [0.3, 0.4) is 0 Å². The molecule has 1 amide bonds. The van der Waals surface area contributed by atoms with Gasteiger partial charge in [0.25, 0.3) is 0 Å². The van der Waals surface area contributed by atoms with Gasteiger partial charge in [-0.15, -0.1) is 0 Å². The molecule has 1 aromatic rings. The summed E-state index contributed by atoms with van der Waals surface area (Å²) >= 11 is 0. The third-order valence-corrected chi connectivity index (χ3v) is 4.29. The average Bonchev–Trinajstić information content (AvgIpc) is 2.30. The molecule has 0 aliphatic carbocycles. The van der Waals surface area contributed by atoms with Crippen molar-refractivity contribution in [1.29, 1.82) is 0 Å². The van der Waals surface area contributed by atoms with Crippen LogP contribution in [0.2, 0.25) is 0 Å². The number of benzene rings is 1. The first-order chi connectivity index (χ1) is 9.22. The van der Waals surface area contributed by atoms with Gasteiger partial charge in [0.1, 0.15) is 0 Å². The molecule has 0 saturated heterocycles. The number of hydrogen-bond donors (Lipinski definition) is 3. The fraction of sp³-hybridized carbons (Fsp3) is 0.462. The highest BCUT2D eigenvalue weighted by Crippen LogP contribution is 2.20. The lowest BCUT2D eigenvalue weighted by atomic mass is 10.2. The van der Waals surface area contributed by atoms with E-state index < -0.39 is 10.0 Å². The van der Waals surface area contributed by atoms with E-state index in [9.17, 15) is 13.2 Å². The maximum absolute atomic E-state index is 12.2. The van der Waals surface area contributed by atoms with Crippen LogP contribution in [-0.4, -0.2) is 26.9 Å². The Kier molecular flexibility index (Phi) is 5.67. The summed E-state index contributed by atoms with van der Waals surface area (Å²) in [4.78, 5) is 11.2. The largest absolute Gasteiger partial charge is 0.328 e. The Hall–Kier alpha value is -1.44. The average molecular weight is 299 g/mol. The summed E-state index contributed by atoms with van der Waals surface area (Å²) in [5.41, 5.74) is 6.66. The second-order valence-electron chi connectivity index (χ2n) is 4.83. The van der Waals surface area contributed by atoms with Crippen molar-refractivity contribution in [2.24, 2.45) is 5.73 Å². The summed E-state index contributed by atoms with van der Waals surface area (Å²) in [6.45, 7) is 5.17. The van der Waals surface area contributed by atoms with Crippen LogP contribution >= 0.6 is 0 Å². The molecular formula is C13H21N3O3S. The monoisotopic (exact) mass is 299 g/mol. The van der Waals surface area contributed by atoms with E-state index >= 15 is 0 Å². The highest BCUT2D eigenvalue weighted by atomic mass is 32.2. The van der Waals surface area contributed by atoms with E-state index in [0.29, 0.717) is 17.7 Å². The van der Waals surface area contributed by atoms with Gasteiger partial charge in [-0.05, 0) is 38.0 Å². The Labute approximate surface area is 119 Å². The zero-order valence-corrected chi connectivity index (χ0v) is 12.8. The summed E-state index contributed by atoms with van der Waals surface area (Å²) < 4.78 is 26.9. The van der Waals surface area contributed by atoms with Gasteiger partial charge in [-0.25, -0.2) is 13.1 Å². The van der Waals surface area contributed by atoms with Crippen molar-refractivity contribution in [2.45, 2.75) is 38.1 Å². The van der Waals surface area contributed by atoms with Crippen molar-refractivity contribution in [1.82, 2.24) is 4.72 Å². The van der Waals surface area contributed by atoms with Crippen LogP contribution in [0.4, 0.5) is 5.69 Å². The first-order valence-corrected chi connectivity index (χ1v) is 7.84. The molecule has 1 unspecified atom stereocenters. The smallest absolute Gasteiger partial charge is 0.240 e. The van der Waals surface area contributed by atoms with Gasteiger partial charge < -0.3 is 11.1 Å². The lowest BCUT2D eigenvalue weighted by Gasteiger charge is -2.12. The highest BCUT2D eigenvalue weighted by molar-refractivity contribution is 7.89. The zero-order chi connectivity index (χ0) is 15.3. The Balaban J connectivity index is 2.95. The first kappa shape index (κ1) is 16.6. The number of nitrogens with two attached hydrogens (primary N) is 1. The Morgan fingerprint density at radius 1 is 1.40 bits per heavy atom. The fourth-order valence-electron chi connectivity index (χ4n) is 1.67. The molecule has 0 spiro atoms. The molecule has 1 atom stereocenters. The number of aryl methyl sites for hydroxylation is 1. The van der Waals surface area contributed by atoms with Crippen LogP contribution in [0.15, 0.2) is 23.1 Å². The van der Waals surface area contributed by atoms with Crippen molar-refractivity contribution >= 4 is 21.6 Å². The van der Waals surface area contributed by atoms with Crippen molar-refractivity contribution in [3.8, 4) is 0 Å². The number of hydrogen-bond acceptors (Lipinski definition) is 4. The number of rotatable bonds is 6. The van der Waals surface area contributed by atoms with Crippen LogP contribution in [0.25, 0.3) is 0 Å². The van der Waals surface area contributed by atoms with Crippen molar-refractivity contribution in [2.75, 3.05) is 11.9 Å². The molecule has 1 rings (SSSR count). The van der Waals surface area contributed by atoms with Crippen LogP contribution in [0.5, 0.6) is 0 Å². The summed E-state index contributed by atoms with van der Waals surface area (Å²) in [5.74, 6) is -0.248. The maximum atomic E-state index is 12.2. The summed E-state index contributed by atoms with van der Waals surface area (Å²) in [6.07, 6.45) is 0.559. The molecular weight excluding hydrogens is 278 g/mol. The number of amides is 1. The third-order valence-electron chi connectivity index (χ3n) is 2.69. The van der Waals surface area contributed by atoms with Gasteiger partial charge in [-0.3, -0.25) is 4.79 Å². The second-order valence-corrected chi connectivity index (χ2v) is 6.56. The van der Waals surface area contributed by atoms with Gasteiger partial charge in [0.2, 0.25) is 15.9 Å². The maximum Gasteiger partial charge on any atom is 0.240 e. The molecule has 1 aromatic carbocycles. The Bertz CT molecular complexity index is 583. The molecule has 0 bridgehead atoms. The molecule has 6 nitrogen and oxygen atoms in total. The minimum absolute atomic E-state index is 0.0653. The number of anilines is 1. The number of sulfonamides is 1. The predicted octanol–water partition coefficient (Wildman–Crippen LogP) is 0.969. The van der Waals surface area contributed by atoms with E-state index in [1.807, 2.05) is 6.92 Å². The standard InChI is InChI=1S/C13H21N3O3S/c1-9-4-5-12(16-11(3)17)8-13(9)20(18,19)15-7-6-10(2)14/h4-5,8,10,15H,6-7,14H2,1-3H3,(H,16,17). The van der Waals surface area contributed by atoms with Crippen LogP contribution in [0.1, 0.15) is 25.8 Å². The summed E-state index contributed by atoms with van der Waals surface area (Å²) in [7, 11) is -3.60. The molecule has 0 fully saturated rings. The lowest BCUT2D eigenvalue weighted by molar-refractivity contribution is -0.114. The van der Waals surface area contributed by atoms with Gasteiger partial charge >= 0.3 is 0 Å². The fourth-order valence-corrected chi connectivity index (χ4v) is 2.99. The number of nitrogens with one attached hydrogen (secondary N) is 2. The van der Waals surface area contributed by atoms with Crippen molar-refractivity contribution in [3.05, 3.63) is 23.8 Å². The van der Waals surface area contributed by atoms with E-state index in [0.717, 1.165) is 0 Å². The normalized spacial score (nSPS) is 13.0. The molecule has 0 aliphatic rings. The quantitative estimate of drug-likeness (QED) is 0.728. The van der Waals surface area contributed by atoms with Crippen LogP contribution in [-0.2, 0) is 14.8 Å². The molecule has 112 valence electrons. The Morgan fingerprint density at radius 3 is 2.60 bits per heavy atom. The molecule has 0 heterocycles. The van der Waals surface area contributed by atoms with E-state index in [1.54, 1.807) is 19.1 Å². The van der Waals surface area contributed by atoms with Gasteiger partial charge in [0.05, 0.1) is 4.90 Å². The molecule has 0 aromatic heterocycles. The van der Waals surface area contributed by atoms with E-state index in [-0.39, 0.29) is 23.4 Å². The molecule has 4 N–H and O–H groups in total. The highest BCUT2D eigenvalue weighted by Gasteiger charge is 2.17. The molecule has 0 aliphatic heterocycles. The van der Waals surface area contributed by atoms with Gasteiger partial charge in [0.15, 0.2) is 0 Å². The predicted molar refractivity (Wildman–Crippen MR) is 78.9 cm³/mol. The summed E-state index contributed by atoms with van der Waals surface area (Å²) in [6, 6.07) is 4.71. The van der Waals surface area contributed by atoms with Crippen molar-refractivity contribution < 1.29 is 13.2 Å². The number of carbonyl (C=O) groups excluding carboxylic acids is 1. The van der Waals surface area contributed by atoms with Crippen LogP contribution in [0, 0.1) is 6.92 Å². The second kappa shape index (κ2) is 6.83. The van der Waals surface area contributed by atoms with Gasteiger partial charge in [-0.2, -0.15) is 0 Å². The zero-order valence-electron chi connectivity index (χ0n) is 11.9. The topological polar surface area (TPSA) is 101 Å². The van der Waals surface area contributed by atoms with Crippen LogP contribution < -0.4 is 15.8 Å².